The van der Waals surface area contributed by atoms with Crippen LogP contribution < -0.4 is 5.32 Å². The number of carbonyl (C=O) groups is 2. The van der Waals surface area contributed by atoms with E-state index < -0.39 is 6.04 Å². The Bertz CT molecular complexity index is 1020. The maximum absolute atomic E-state index is 13.4. The molecule has 3 aromatic rings. The predicted octanol–water partition coefficient (Wildman–Crippen LogP) is 4.78. The van der Waals surface area contributed by atoms with E-state index in [0.29, 0.717) is 13.0 Å². The van der Waals surface area contributed by atoms with Gasteiger partial charge >= 0.3 is 0 Å². The summed E-state index contributed by atoms with van der Waals surface area (Å²) in [5, 5.41) is 2.76. The van der Waals surface area contributed by atoms with Gasteiger partial charge in [0.2, 0.25) is 11.8 Å². The zero-order chi connectivity index (χ0) is 22.9. The van der Waals surface area contributed by atoms with Crippen molar-refractivity contribution in [2.75, 3.05) is 12.8 Å². The molecule has 0 spiro atoms. The third-order valence-electron chi connectivity index (χ3n) is 5.37. The monoisotopic (exact) mass is 446 g/mol. The molecular formula is C27H30N2O2S. The zero-order valence-electron chi connectivity index (χ0n) is 18.9. The molecule has 1 unspecified atom stereocenters. The summed E-state index contributed by atoms with van der Waals surface area (Å²) in [6.07, 6.45) is 0.466. The smallest absolute Gasteiger partial charge is 0.242 e. The number of rotatable bonds is 9. The second-order valence-corrected chi connectivity index (χ2v) is 8.98. The summed E-state index contributed by atoms with van der Waals surface area (Å²) in [5.41, 5.74) is 4.37. The van der Waals surface area contributed by atoms with Gasteiger partial charge in [0.15, 0.2) is 0 Å². The average molecular weight is 447 g/mol. The fraction of sp³-hybridized carbons (Fsp3) is 0.259. The molecule has 4 nitrogen and oxygen atoms in total. The van der Waals surface area contributed by atoms with Crippen molar-refractivity contribution in [3.8, 4) is 0 Å². The van der Waals surface area contributed by atoms with Gasteiger partial charge < -0.3 is 10.2 Å². The molecule has 3 aromatic carbocycles. The summed E-state index contributed by atoms with van der Waals surface area (Å²) < 4.78 is 0. The second-order valence-electron chi connectivity index (χ2n) is 7.93. The summed E-state index contributed by atoms with van der Waals surface area (Å²) in [4.78, 5) is 29.1. The second kappa shape index (κ2) is 11.5. The van der Waals surface area contributed by atoms with Crippen LogP contribution in [0.25, 0.3) is 0 Å². The molecule has 0 fully saturated rings. The summed E-state index contributed by atoms with van der Waals surface area (Å²) in [6, 6.07) is 25.5. The van der Waals surface area contributed by atoms with Gasteiger partial charge in [0.05, 0.1) is 5.75 Å². The van der Waals surface area contributed by atoms with Gasteiger partial charge in [0.25, 0.3) is 0 Å². The highest BCUT2D eigenvalue weighted by Gasteiger charge is 2.29. The van der Waals surface area contributed by atoms with Gasteiger partial charge in [-0.15, -0.1) is 11.8 Å². The van der Waals surface area contributed by atoms with E-state index in [4.69, 9.17) is 0 Å². The Morgan fingerprint density at radius 1 is 0.844 bits per heavy atom. The SMILES string of the molecule is CNC(=O)C(Cc1ccccc1)N(Cc1ccc(C)cc1)C(=O)CSc1ccc(C)cc1. The Morgan fingerprint density at radius 2 is 1.44 bits per heavy atom. The van der Waals surface area contributed by atoms with Crippen LogP contribution in [0.3, 0.4) is 0 Å². The number of likely N-dealkylation sites (N-methyl/N-ethyl adjacent to an activating group) is 1. The van der Waals surface area contributed by atoms with Crippen molar-refractivity contribution in [1.29, 1.82) is 0 Å². The molecule has 32 heavy (non-hydrogen) atoms. The first-order valence-corrected chi connectivity index (χ1v) is 11.7. The molecule has 0 saturated heterocycles. The number of hydrogen-bond donors (Lipinski definition) is 1. The van der Waals surface area contributed by atoms with E-state index in [9.17, 15) is 9.59 Å². The lowest BCUT2D eigenvalue weighted by atomic mass is 10.0. The molecule has 0 bridgehead atoms. The largest absolute Gasteiger partial charge is 0.357 e. The fourth-order valence-electron chi connectivity index (χ4n) is 3.47. The predicted molar refractivity (Wildman–Crippen MR) is 132 cm³/mol. The van der Waals surface area contributed by atoms with Crippen molar-refractivity contribution in [1.82, 2.24) is 10.2 Å². The van der Waals surface area contributed by atoms with E-state index >= 15 is 0 Å². The van der Waals surface area contributed by atoms with E-state index in [1.807, 2.05) is 92.7 Å². The standard InChI is InChI=1S/C27H30N2O2S/c1-20-9-13-23(14-10-20)18-29(26(30)19-32-24-15-11-21(2)12-16-24)25(27(31)28-3)17-22-7-5-4-6-8-22/h4-16,25H,17-19H2,1-3H3,(H,28,31). The number of carbonyl (C=O) groups excluding carboxylic acids is 2. The van der Waals surface area contributed by atoms with E-state index in [0.717, 1.165) is 21.6 Å². The molecule has 0 radical (unpaired) electrons. The molecule has 1 atom stereocenters. The molecule has 5 heteroatoms. The van der Waals surface area contributed by atoms with Crippen LogP contribution in [-0.2, 0) is 22.6 Å². The van der Waals surface area contributed by atoms with E-state index in [2.05, 4.69) is 5.32 Å². The lowest BCUT2D eigenvalue weighted by Crippen LogP contribution is -2.50. The molecular weight excluding hydrogens is 416 g/mol. The maximum Gasteiger partial charge on any atom is 0.242 e. The Morgan fingerprint density at radius 3 is 2.03 bits per heavy atom. The first-order valence-electron chi connectivity index (χ1n) is 10.8. The summed E-state index contributed by atoms with van der Waals surface area (Å²) in [5.74, 6) is 0.0624. The van der Waals surface area contributed by atoms with Crippen molar-refractivity contribution in [3.05, 3.63) is 101 Å². The van der Waals surface area contributed by atoms with Crippen LogP contribution in [0.5, 0.6) is 0 Å². The number of nitrogens with one attached hydrogen (secondary N) is 1. The van der Waals surface area contributed by atoms with Crippen molar-refractivity contribution in [3.63, 3.8) is 0 Å². The molecule has 0 saturated carbocycles. The number of thioether (sulfide) groups is 1. The lowest BCUT2D eigenvalue weighted by Gasteiger charge is -2.31. The lowest BCUT2D eigenvalue weighted by molar-refractivity contribution is -0.139. The average Bonchev–Trinajstić information content (AvgIpc) is 2.82. The number of hydrogen-bond acceptors (Lipinski definition) is 3. The highest BCUT2D eigenvalue weighted by molar-refractivity contribution is 8.00. The van der Waals surface area contributed by atoms with Crippen LogP contribution >= 0.6 is 11.8 Å². The van der Waals surface area contributed by atoms with Crippen LogP contribution in [0, 0.1) is 13.8 Å². The summed E-state index contributed by atoms with van der Waals surface area (Å²) in [7, 11) is 1.62. The van der Waals surface area contributed by atoms with Crippen LogP contribution in [0.1, 0.15) is 22.3 Å². The molecule has 2 amide bonds. The molecule has 166 valence electrons. The zero-order valence-corrected chi connectivity index (χ0v) is 19.7. The van der Waals surface area contributed by atoms with E-state index in [1.54, 1.807) is 11.9 Å². The molecule has 0 heterocycles. The third-order valence-corrected chi connectivity index (χ3v) is 6.37. The topological polar surface area (TPSA) is 49.4 Å². The maximum atomic E-state index is 13.4. The van der Waals surface area contributed by atoms with E-state index in [-0.39, 0.29) is 17.6 Å². The van der Waals surface area contributed by atoms with Crippen LogP contribution in [-0.4, -0.2) is 35.6 Å². The molecule has 0 aliphatic rings. The van der Waals surface area contributed by atoms with Crippen LogP contribution in [0.4, 0.5) is 0 Å². The van der Waals surface area contributed by atoms with Crippen LogP contribution in [0.2, 0.25) is 0 Å². The minimum Gasteiger partial charge on any atom is -0.357 e. The van der Waals surface area contributed by atoms with Crippen molar-refractivity contribution < 1.29 is 9.59 Å². The summed E-state index contributed by atoms with van der Waals surface area (Å²) >= 11 is 1.50. The first kappa shape index (κ1) is 23.6. The van der Waals surface area contributed by atoms with Crippen molar-refractivity contribution in [2.24, 2.45) is 0 Å². The normalized spacial score (nSPS) is 11.6. The van der Waals surface area contributed by atoms with Gasteiger partial charge in [-0.3, -0.25) is 9.59 Å². The van der Waals surface area contributed by atoms with Gasteiger partial charge in [-0.2, -0.15) is 0 Å². The van der Waals surface area contributed by atoms with Crippen molar-refractivity contribution >= 4 is 23.6 Å². The quantitative estimate of drug-likeness (QED) is 0.481. The Hall–Kier alpha value is -3.05. The van der Waals surface area contributed by atoms with E-state index in [1.165, 1.54) is 17.3 Å². The minimum atomic E-state index is -0.588. The Kier molecular flexibility index (Phi) is 8.51. The number of amides is 2. The van der Waals surface area contributed by atoms with Crippen LogP contribution in [0.15, 0.2) is 83.8 Å². The molecule has 3 rings (SSSR count). The number of benzene rings is 3. The molecule has 0 aromatic heterocycles. The van der Waals surface area contributed by atoms with Gasteiger partial charge in [0, 0.05) is 24.9 Å². The van der Waals surface area contributed by atoms with Gasteiger partial charge in [-0.25, -0.2) is 0 Å². The Balaban J connectivity index is 1.85. The Labute approximate surface area is 195 Å². The fourth-order valence-corrected chi connectivity index (χ4v) is 4.26. The summed E-state index contributed by atoms with van der Waals surface area (Å²) in [6.45, 7) is 4.46. The highest BCUT2D eigenvalue weighted by atomic mass is 32.2. The molecule has 1 N–H and O–H groups in total. The minimum absolute atomic E-state index is 0.0549. The first-order chi connectivity index (χ1) is 15.5. The highest BCUT2D eigenvalue weighted by Crippen LogP contribution is 2.21. The molecule has 0 aliphatic carbocycles. The van der Waals surface area contributed by atoms with Gasteiger partial charge in [0.1, 0.15) is 6.04 Å². The number of nitrogens with zero attached hydrogens (tertiary/aromatic N) is 1. The van der Waals surface area contributed by atoms with Gasteiger partial charge in [-0.05, 0) is 37.1 Å². The molecule has 0 aliphatic heterocycles. The van der Waals surface area contributed by atoms with Gasteiger partial charge in [-0.1, -0.05) is 77.9 Å². The number of aryl methyl sites for hydroxylation is 2. The van der Waals surface area contributed by atoms with Crippen molar-refractivity contribution in [2.45, 2.75) is 37.8 Å². The third kappa shape index (κ3) is 6.72.